The molecule has 0 aliphatic heterocycles. The Kier molecular flexibility index (Phi) is 9.67. The summed E-state index contributed by atoms with van der Waals surface area (Å²) >= 11 is -2.35. The molecule has 14 heavy (non-hydrogen) atoms. The quantitative estimate of drug-likeness (QED) is 0.444. The molecule has 0 N–H and O–H groups in total. The van der Waals surface area contributed by atoms with Crippen molar-refractivity contribution in [2.24, 2.45) is 5.92 Å². The van der Waals surface area contributed by atoms with Gasteiger partial charge in [-0.2, -0.15) is 0 Å². The van der Waals surface area contributed by atoms with Crippen molar-refractivity contribution in [1.82, 2.24) is 0 Å². The second kappa shape index (κ2) is 9.62. The van der Waals surface area contributed by atoms with E-state index >= 15 is 0 Å². The van der Waals surface area contributed by atoms with Crippen molar-refractivity contribution in [3.8, 4) is 0 Å². The van der Waals surface area contributed by atoms with E-state index in [1.165, 1.54) is 19.3 Å². The minimum absolute atomic E-state index is 0.355. The first-order valence-electron chi connectivity index (χ1n) is 5.43. The summed E-state index contributed by atoms with van der Waals surface area (Å²) in [6.07, 6.45) is 6.83. The first kappa shape index (κ1) is 14.1. The van der Waals surface area contributed by atoms with Crippen LogP contribution in [0.25, 0.3) is 0 Å². The minimum Gasteiger partial charge on any atom is -0.750 e. The highest BCUT2D eigenvalue weighted by Gasteiger charge is 2.07. The summed E-state index contributed by atoms with van der Waals surface area (Å²) in [5.74, 6) is 0.407. The molecule has 0 aliphatic carbocycles. The predicted molar refractivity (Wildman–Crippen MR) is 57.4 cm³/mol. The van der Waals surface area contributed by atoms with Crippen LogP contribution in [0.5, 0.6) is 0 Å². The van der Waals surface area contributed by atoms with Crippen LogP contribution >= 0.6 is 0 Å². The molecule has 0 aliphatic rings. The summed E-state index contributed by atoms with van der Waals surface area (Å²) in [6, 6.07) is 0. The van der Waals surface area contributed by atoms with Crippen molar-refractivity contribution in [3.05, 3.63) is 0 Å². The average molecular weight is 221 g/mol. The van der Waals surface area contributed by atoms with E-state index < -0.39 is 11.4 Å². The van der Waals surface area contributed by atoms with Crippen LogP contribution < -0.4 is 0 Å². The largest absolute Gasteiger partial charge is 0.750 e. The van der Waals surface area contributed by atoms with E-state index in [2.05, 4.69) is 18.0 Å². The lowest BCUT2D eigenvalue weighted by molar-refractivity contribution is 0.224. The molecule has 0 spiro atoms. The maximum Gasteiger partial charge on any atom is 0.0842 e. The molecular weight excluding hydrogens is 200 g/mol. The van der Waals surface area contributed by atoms with Gasteiger partial charge in [-0.3, -0.25) is 0 Å². The molecule has 0 saturated carbocycles. The molecule has 0 aromatic rings. The highest BCUT2D eigenvalue weighted by molar-refractivity contribution is 7.74. The number of unbranched alkanes of at least 4 members (excludes halogenated alkanes) is 2. The van der Waals surface area contributed by atoms with E-state index in [4.69, 9.17) is 0 Å². The minimum atomic E-state index is -2.35. The Morgan fingerprint density at radius 2 is 1.93 bits per heavy atom. The van der Waals surface area contributed by atoms with Gasteiger partial charge in [0.15, 0.2) is 0 Å². The summed E-state index contributed by atoms with van der Waals surface area (Å²) in [6.45, 7) is 4.63. The van der Waals surface area contributed by atoms with Crippen LogP contribution in [0.1, 0.15) is 52.4 Å². The lowest BCUT2D eigenvalue weighted by Crippen LogP contribution is -2.11. The molecule has 0 saturated heterocycles. The summed E-state index contributed by atoms with van der Waals surface area (Å²) in [4.78, 5) is 0. The van der Waals surface area contributed by atoms with Gasteiger partial charge < -0.3 is 8.74 Å². The second-order valence-electron chi connectivity index (χ2n) is 3.64. The third-order valence-corrected chi connectivity index (χ3v) is 2.64. The lowest BCUT2D eigenvalue weighted by Gasteiger charge is -2.16. The van der Waals surface area contributed by atoms with E-state index in [0.29, 0.717) is 12.5 Å². The molecule has 0 bridgehead atoms. The van der Waals surface area contributed by atoms with Crippen molar-refractivity contribution in [2.75, 3.05) is 6.61 Å². The van der Waals surface area contributed by atoms with Crippen LogP contribution in [0.2, 0.25) is 0 Å². The fourth-order valence-corrected chi connectivity index (χ4v) is 1.86. The highest BCUT2D eigenvalue weighted by atomic mass is 32.2. The first-order chi connectivity index (χ1) is 6.70. The van der Waals surface area contributed by atoms with Crippen LogP contribution in [0.4, 0.5) is 0 Å². The summed E-state index contributed by atoms with van der Waals surface area (Å²) in [5.41, 5.74) is 0. The van der Waals surface area contributed by atoms with Gasteiger partial charge in [-0.05, 0) is 18.8 Å². The number of hydrogen-bond acceptors (Lipinski definition) is 3. The van der Waals surface area contributed by atoms with Crippen LogP contribution in [-0.2, 0) is 15.5 Å². The Hall–Kier alpha value is 0.0700. The lowest BCUT2D eigenvalue weighted by atomic mass is 9.98. The van der Waals surface area contributed by atoms with Gasteiger partial charge in [-0.25, -0.2) is 4.21 Å². The van der Waals surface area contributed by atoms with Crippen molar-refractivity contribution in [1.29, 1.82) is 0 Å². The van der Waals surface area contributed by atoms with Gasteiger partial charge in [0, 0.05) is 0 Å². The zero-order valence-corrected chi connectivity index (χ0v) is 9.98. The van der Waals surface area contributed by atoms with Crippen LogP contribution in [0.15, 0.2) is 0 Å². The van der Waals surface area contributed by atoms with E-state index in [-0.39, 0.29) is 0 Å². The molecular formula is C10H21O3S-. The zero-order valence-electron chi connectivity index (χ0n) is 9.16. The molecule has 0 fully saturated rings. The number of hydrogen-bond donors (Lipinski definition) is 0. The van der Waals surface area contributed by atoms with Gasteiger partial charge in [0.25, 0.3) is 0 Å². The summed E-state index contributed by atoms with van der Waals surface area (Å²) in [5, 5.41) is 0. The topological polar surface area (TPSA) is 49.4 Å². The Morgan fingerprint density at radius 3 is 2.43 bits per heavy atom. The smallest absolute Gasteiger partial charge is 0.0842 e. The monoisotopic (exact) mass is 221 g/mol. The van der Waals surface area contributed by atoms with Crippen LogP contribution in [0.3, 0.4) is 0 Å². The maximum absolute atomic E-state index is 10.2. The highest BCUT2D eigenvalue weighted by Crippen LogP contribution is 2.16. The fraction of sp³-hybridized carbons (Fsp3) is 1.00. The molecule has 2 atom stereocenters. The normalized spacial score (nSPS) is 15.4. The molecule has 86 valence electrons. The Labute approximate surface area is 89.7 Å². The third-order valence-electron chi connectivity index (χ3n) is 2.31. The van der Waals surface area contributed by atoms with E-state index in [9.17, 15) is 8.76 Å². The fourth-order valence-electron chi connectivity index (χ4n) is 1.55. The molecule has 4 heteroatoms. The number of rotatable bonds is 9. The average Bonchev–Trinajstić information content (AvgIpc) is 2.14. The SMILES string of the molecule is CCCCCC(CCC)COS(=O)[O-]. The predicted octanol–water partition coefficient (Wildman–Crippen LogP) is 2.79. The molecule has 2 unspecified atom stereocenters. The van der Waals surface area contributed by atoms with Gasteiger partial charge in [0.2, 0.25) is 0 Å². The zero-order chi connectivity index (χ0) is 10.8. The Balaban J connectivity index is 3.59. The van der Waals surface area contributed by atoms with Gasteiger partial charge >= 0.3 is 0 Å². The molecule has 0 aromatic carbocycles. The molecule has 0 heterocycles. The molecule has 0 aromatic heterocycles. The van der Waals surface area contributed by atoms with Gasteiger partial charge in [-0.1, -0.05) is 39.5 Å². The molecule has 0 rings (SSSR count). The van der Waals surface area contributed by atoms with Crippen LogP contribution in [0, 0.1) is 5.92 Å². The Morgan fingerprint density at radius 1 is 1.21 bits per heavy atom. The van der Waals surface area contributed by atoms with Crippen molar-refractivity contribution in [2.45, 2.75) is 52.4 Å². The van der Waals surface area contributed by atoms with Gasteiger partial charge in [-0.15, -0.1) is 0 Å². The standard InChI is InChI=1S/C10H22O3S/c1-3-5-6-8-10(7-4-2)9-13-14(11)12/h10H,3-9H2,1-2H3,(H,11,12)/p-1. The van der Waals surface area contributed by atoms with Crippen molar-refractivity contribution >= 4 is 11.4 Å². The first-order valence-corrected chi connectivity index (χ1v) is 6.43. The maximum atomic E-state index is 10.2. The molecule has 3 nitrogen and oxygen atoms in total. The van der Waals surface area contributed by atoms with E-state index in [1.807, 2.05) is 0 Å². The summed E-state index contributed by atoms with van der Waals surface area (Å²) < 4.78 is 25.0. The summed E-state index contributed by atoms with van der Waals surface area (Å²) in [7, 11) is 0. The third kappa shape index (κ3) is 8.66. The van der Waals surface area contributed by atoms with Crippen molar-refractivity contribution in [3.63, 3.8) is 0 Å². The van der Waals surface area contributed by atoms with Crippen LogP contribution in [-0.4, -0.2) is 15.4 Å². The Bertz CT molecular complexity index is 150. The van der Waals surface area contributed by atoms with Gasteiger partial charge in [0.1, 0.15) is 0 Å². The molecule has 0 radical (unpaired) electrons. The van der Waals surface area contributed by atoms with E-state index in [1.54, 1.807) is 0 Å². The second-order valence-corrected chi connectivity index (χ2v) is 4.28. The van der Waals surface area contributed by atoms with Crippen molar-refractivity contribution < 1.29 is 12.9 Å². The molecule has 0 amide bonds. The van der Waals surface area contributed by atoms with E-state index in [0.717, 1.165) is 19.3 Å². The van der Waals surface area contributed by atoms with Gasteiger partial charge in [0.05, 0.1) is 18.0 Å².